The van der Waals surface area contributed by atoms with E-state index in [-0.39, 0.29) is 18.0 Å². The molecule has 1 aromatic heterocycles. The van der Waals surface area contributed by atoms with Crippen LogP contribution in [-0.4, -0.2) is 28.9 Å². The van der Waals surface area contributed by atoms with Gasteiger partial charge in [0.1, 0.15) is 0 Å². The maximum absolute atomic E-state index is 12.1. The summed E-state index contributed by atoms with van der Waals surface area (Å²) in [4.78, 5) is 17.8. The van der Waals surface area contributed by atoms with Gasteiger partial charge in [0.25, 0.3) is 0 Å². The molecule has 1 heterocycles. The molecule has 0 saturated carbocycles. The summed E-state index contributed by atoms with van der Waals surface area (Å²) < 4.78 is 0. The zero-order chi connectivity index (χ0) is 13.5. The Kier molecular flexibility index (Phi) is 5.78. The van der Waals surface area contributed by atoms with Gasteiger partial charge in [-0.3, -0.25) is 9.78 Å². The number of pyridine rings is 1. The number of likely N-dealkylation sites (N-methyl/N-ethyl adjacent to an activating group) is 1. The van der Waals surface area contributed by atoms with E-state index in [1.165, 1.54) is 0 Å². The lowest BCUT2D eigenvalue weighted by Crippen LogP contribution is -2.42. The van der Waals surface area contributed by atoms with Gasteiger partial charge in [0.2, 0.25) is 5.91 Å². The van der Waals surface area contributed by atoms with Crippen LogP contribution in [0.4, 0.5) is 0 Å². The summed E-state index contributed by atoms with van der Waals surface area (Å²) in [7, 11) is 1.80. The Hall–Kier alpha value is -1.42. The molecule has 2 N–H and O–H groups in total. The molecule has 2 unspecified atom stereocenters. The number of nitrogens with two attached hydrogens (primary N) is 1. The molecule has 1 aromatic rings. The molecule has 100 valence electrons. The van der Waals surface area contributed by atoms with E-state index < -0.39 is 0 Å². The summed E-state index contributed by atoms with van der Waals surface area (Å²) in [6.45, 7) is 4.10. The van der Waals surface area contributed by atoms with E-state index in [0.29, 0.717) is 0 Å². The van der Waals surface area contributed by atoms with Crippen LogP contribution < -0.4 is 5.73 Å². The van der Waals surface area contributed by atoms with Crippen molar-refractivity contribution < 1.29 is 4.79 Å². The molecule has 0 radical (unpaired) electrons. The molecule has 0 aliphatic heterocycles. The van der Waals surface area contributed by atoms with Gasteiger partial charge in [-0.15, -0.1) is 0 Å². The predicted molar refractivity (Wildman–Crippen MR) is 72.9 cm³/mol. The smallest absolute Gasteiger partial charge is 0.239 e. The molecule has 0 fully saturated rings. The highest BCUT2D eigenvalue weighted by atomic mass is 16.2. The number of aromatic nitrogens is 1. The first-order valence-electron chi connectivity index (χ1n) is 6.50. The zero-order valence-corrected chi connectivity index (χ0v) is 11.5. The highest BCUT2D eigenvalue weighted by Gasteiger charge is 2.22. The van der Waals surface area contributed by atoms with E-state index in [2.05, 4.69) is 11.9 Å². The van der Waals surface area contributed by atoms with Crippen molar-refractivity contribution in [2.24, 2.45) is 5.73 Å². The van der Waals surface area contributed by atoms with Crippen molar-refractivity contribution in [3.05, 3.63) is 30.1 Å². The van der Waals surface area contributed by atoms with Crippen LogP contribution in [0.15, 0.2) is 24.5 Å². The number of carbonyl (C=O) groups is 1. The van der Waals surface area contributed by atoms with E-state index in [1.807, 2.05) is 19.1 Å². The third-order valence-electron chi connectivity index (χ3n) is 3.30. The Morgan fingerprint density at radius 1 is 1.44 bits per heavy atom. The third-order valence-corrected chi connectivity index (χ3v) is 3.30. The molecule has 1 amide bonds. The monoisotopic (exact) mass is 249 g/mol. The average Bonchev–Trinajstić information content (AvgIpc) is 2.43. The van der Waals surface area contributed by atoms with Gasteiger partial charge >= 0.3 is 0 Å². The van der Waals surface area contributed by atoms with Crippen LogP contribution in [0, 0.1) is 0 Å². The van der Waals surface area contributed by atoms with Crippen LogP contribution in [0.5, 0.6) is 0 Å². The summed E-state index contributed by atoms with van der Waals surface area (Å²) in [6, 6.07) is 3.48. The minimum atomic E-state index is -0.390. The number of carbonyl (C=O) groups excluding carboxylic acids is 1. The molecule has 0 spiro atoms. The number of hydrogen-bond acceptors (Lipinski definition) is 3. The molecule has 4 nitrogen and oxygen atoms in total. The quantitative estimate of drug-likeness (QED) is 0.840. The van der Waals surface area contributed by atoms with Gasteiger partial charge < -0.3 is 10.6 Å². The molecule has 18 heavy (non-hydrogen) atoms. The second-order valence-corrected chi connectivity index (χ2v) is 4.65. The summed E-state index contributed by atoms with van der Waals surface area (Å²) in [5.41, 5.74) is 6.99. The standard InChI is InChI=1S/C14H23N3O/c1-4-5-6-13(15)14(18)17(3)11(2)12-7-9-16-10-8-12/h7-11,13H,4-6,15H2,1-3H3. The van der Waals surface area contributed by atoms with Crippen molar-refractivity contribution in [2.75, 3.05) is 7.05 Å². The van der Waals surface area contributed by atoms with Gasteiger partial charge in [0.15, 0.2) is 0 Å². The molecule has 4 heteroatoms. The van der Waals surface area contributed by atoms with Crippen molar-refractivity contribution in [3.8, 4) is 0 Å². The topological polar surface area (TPSA) is 59.2 Å². The van der Waals surface area contributed by atoms with Crippen molar-refractivity contribution in [2.45, 2.75) is 45.2 Å². The van der Waals surface area contributed by atoms with Gasteiger partial charge in [0.05, 0.1) is 12.1 Å². The van der Waals surface area contributed by atoms with Crippen LogP contribution in [0.2, 0.25) is 0 Å². The largest absolute Gasteiger partial charge is 0.338 e. The molecule has 0 aromatic carbocycles. The number of hydrogen-bond donors (Lipinski definition) is 1. The molecule has 0 aliphatic rings. The van der Waals surface area contributed by atoms with Crippen molar-refractivity contribution in [3.63, 3.8) is 0 Å². The maximum atomic E-state index is 12.1. The Labute approximate surface area is 109 Å². The Balaban J connectivity index is 2.63. The Morgan fingerprint density at radius 2 is 2.06 bits per heavy atom. The summed E-state index contributed by atoms with van der Waals surface area (Å²) in [5, 5.41) is 0. The lowest BCUT2D eigenvalue weighted by atomic mass is 10.1. The Bertz CT molecular complexity index is 367. The van der Waals surface area contributed by atoms with Crippen molar-refractivity contribution in [1.82, 2.24) is 9.88 Å². The zero-order valence-electron chi connectivity index (χ0n) is 11.5. The first-order chi connectivity index (χ1) is 8.57. The Morgan fingerprint density at radius 3 is 2.61 bits per heavy atom. The molecule has 0 aliphatic carbocycles. The fourth-order valence-electron chi connectivity index (χ4n) is 1.87. The van der Waals surface area contributed by atoms with Crippen molar-refractivity contribution in [1.29, 1.82) is 0 Å². The minimum absolute atomic E-state index is 0.00719. The van der Waals surface area contributed by atoms with Gasteiger partial charge in [-0.2, -0.15) is 0 Å². The van der Waals surface area contributed by atoms with Crippen LogP contribution in [0.3, 0.4) is 0 Å². The molecule has 0 bridgehead atoms. The second kappa shape index (κ2) is 7.11. The maximum Gasteiger partial charge on any atom is 0.239 e. The highest BCUT2D eigenvalue weighted by Crippen LogP contribution is 2.18. The second-order valence-electron chi connectivity index (χ2n) is 4.65. The fourth-order valence-corrected chi connectivity index (χ4v) is 1.87. The SMILES string of the molecule is CCCCC(N)C(=O)N(C)C(C)c1ccncc1. The van der Waals surface area contributed by atoms with E-state index in [9.17, 15) is 4.79 Å². The van der Waals surface area contributed by atoms with Gasteiger partial charge in [0, 0.05) is 19.4 Å². The molecular formula is C14H23N3O. The first-order valence-corrected chi connectivity index (χ1v) is 6.50. The number of nitrogens with zero attached hydrogens (tertiary/aromatic N) is 2. The fraction of sp³-hybridized carbons (Fsp3) is 0.571. The molecular weight excluding hydrogens is 226 g/mol. The lowest BCUT2D eigenvalue weighted by molar-refractivity contribution is -0.133. The minimum Gasteiger partial charge on any atom is -0.338 e. The van der Waals surface area contributed by atoms with Gasteiger partial charge in [-0.05, 0) is 31.0 Å². The third kappa shape index (κ3) is 3.81. The summed E-state index contributed by atoms with van der Waals surface area (Å²) in [6.07, 6.45) is 6.28. The van der Waals surface area contributed by atoms with Gasteiger partial charge in [-0.1, -0.05) is 19.8 Å². The van der Waals surface area contributed by atoms with E-state index in [0.717, 1.165) is 24.8 Å². The van der Waals surface area contributed by atoms with Gasteiger partial charge in [-0.25, -0.2) is 0 Å². The molecule has 1 rings (SSSR count). The number of rotatable bonds is 6. The van der Waals surface area contributed by atoms with Crippen LogP contribution in [0.1, 0.15) is 44.7 Å². The number of unbranched alkanes of at least 4 members (excludes halogenated alkanes) is 1. The summed E-state index contributed by atoms with van der Waals surface area (Å²) in [5.74, 6) is 0.00719. The lowest BCUT2D eigenvalue weighted by Gasteiger charge is -2.27. The van der Waals surface area contributed by atoms with Crippen LogP contribution >= 0.6 is 0 Å². The molecule has 2 atom stereocenters. The highest BCUT2D eigenvalue weighted by molar-refractivity contribution is 5.81. The summed E-state index contributed by atoms with van der Waals surface area (Å²) >= 11 is 0. The molecule has 0 saturated heterocycles. The van der Waals surface area contributed by atoms with Crippen LogP contribution in [-0.2, 0) is 4.79 Å². The van der Waals surface area contributed by atoms with E-state index in [1.54, 1.807) is 24.3 Å². The van der Waals surface area contributed by atoms with E-state index >= 15 is 0 Å². The van der Waals surface area contributed by atoms with Crippen LogP contribution in [0.25, 0.3) is 0 Å². The average molecular weight is 249 g/mol. The van der Waals surface area contributed by atoms with E-state index in [4.69, 9.17) is 5.73 Å². The number of amides is 1. The first kappa shape index (κ1) is 14.6. The normalized spacial score (nSPS) is 14.0. The van der Waals surface area contributed by atoms with Crippen molar-refractivity contribution >= 4 is 5.91 Å². The predicted octanol–water partition coefficient (Wildman–Crippen LogP) is 2.12.